The highest BCUT2D eigenvalue weighted by molar-refractivity contribution is 8.75. The Balaban J connectivity index is 2.43. The van der Waals surface area contributed by atoms with Crippen molar-refractivity contribution in [3.05, 3.63) is 34.7 Å². The highest BCUT2D eigenvalue weighted by atomic mass is 33.1. The van der Waals surface area contributed by atoms with Crippen LogP contribution in [-0.4, -0.2) is 5.97 Å². The predicted octanol–water partition coefficient (Wildman–Crippen LogP) is 4.24. The molecule has 7 heteroatoms. The minimum absolute atomic E-state index is 0.247. The maximum Gasteiger partial charge on any atom is 0.318 e. The number of hydrogen-bond donors (Lipinski definition) is 0. The average molecular weight is 255 g/mol. The first kappa shape index (κ1) is 12.8. The first-order valence-electron chi connectivity index (χ1n) is 4.45. The molecule has 0 heterocycles. The van der Waals surface area contributed by atoms with Crippen molar-refractivity contribution in [1.82, 2.24) is 0 Å². The molecule has 0 unspecified atom stereocenters. The summed E-state index contributed by atoms with van der Waals surface area (Å²) in [5, 5.41) is 3.45. The third-order valence-electron chi connectivity index (χ3n) is 1.54. The van der Waals surface area contributed by atoms with E-state index < -0.39 is 0 Å². The fourth-order valence-electron chi connectivity index (χ4n) is 0.773. The van der Waals surface area contributed by atoms with Gasteiger partial charge >= 0.3 is 5.97 Å². The molecule has 0 fully saturated rings. The van der Waals surface area contributed by atoms with E-state index >= 15 is 0 Å². The maximum atomic E-state index is 10.8. The molecule has 0 bridgehead atoms. The van der Waals surface area contributed by atoms with E-state index in [0.717, 1.165) is 16.0 Å². The SMILES string of the molecule is CCC(=O)OSSc1ccc(N=[N+]=[N-])cc1. The lowest BCUT2D eigenvalue weighted by molar-refractivity contribution is -0.132. The molecule has 0 aromatic heterocycles. The first-order chi connectivity index (χ1) is 7.76. The summed E-state index contributed by atoms with van der Waals surface area (Å²) in [4.78, 5) is 14.4. The van der Waals surface area contributed by atoms with Gasteiger partial charge < -0.3 is 4.18 Å². The van der Waals surface area contributed by atoms with Crippen molar-refractivity contribution < 1.29 is 8.98 Å². The van der Waals surface area contributed by atoms with Crippen LogP contribution in [0.4, 0.5) is 5.69 Å². The molecule has 0 saturated carbocycles. The van der Waals surface area contributed by atoms with Gasteiger partial charge in [0.05, 0.1) is 0 Å². The molecule has 0 atom stereocenters. The van der Waals surface area contributed by atoms with E-state index in [-0.39, 0.29) is 5.97 Å². The molecular formula is C9H9N3O2S2. The minimum atomic E-state index is -0.247. The van der Waals surface area contributed by atoms with Crippen LogP contribution in [0.3, 0.4) is 0 Å². The third kappa shape index (κ3) is 4.48. The van der Waals surface area contributed by atoms with Crippen molar-refractivity contribution in [2.24, 2.45) is 5.11 Å². The second-order valence-corrected chi connectivity index (χ2v) is 4.49. The molecule has 0 amide bonds. The summed E-state index contributed by atoms with van der Waals surface area (Å²) < 4.78 is 4.83. The Labute approximate surface area is 101 Å². The van der Waals surface area contributed by atoms with Crippen LogP contribution in [0.25, 0.3) is 10.4 Å². The zero-order valence-electron chi connectivity index (χ0n) is 8.49. The van der Waals surface area contributed by atoms with Crippen molar-refractivity contribution >= 4 is 33.5 Å². The molecule has 5 nitrogen and oxygen atoms in total. The van der Waals surface area contributed by atoms with E-state index in [9.17, 15) is 4.79 Å². The van der Waals surface area contributed by atoms with Gasteiger partial charge in [-0.3, -0.25) is 4.79 Å². The van der Waals surface area contributed by atoms with E-state index in [2.05, 4.69) is 10.0 Å². The molecule has 16 heavy (non-hydrogen) atoms. The summed E-state index contributed by atoms with van der Waals surface area (Å²) in [6, 6.07) is 6.98. The Hall–Kier alpha value is -1.30. The van der Waals surface area contributed by atoms with Crippen molar-refractivity contribution in [2.75, 3.05) is 0 Å². The van der Waals surface area contributed by atoms with Crippen LogP contribution in [0.1, 0.15) is 13.3 Å². The van der Waals surface area contributed by atoms with Gasteiger partial charge in [0.1, 0.15) is 11.1 Å². The van der Waals surface area contributed by atoms with E-state index in [1.54, 1.807) is 31.2 Å². The summed E-state index contributed by atoms with van der Waals surface area (Å²) in [5.41, 5.74) is 8.77. The van der Waals surface area contributed by atoms with Crippen LogP contribution in [0.15, 0.2) is 34.3 Å². The van der Waals surface area contributed by atoms with Crippen molar-refractivity contribution in [2.45, 2.75) is 18.2 Å². The third-order valence-corrected chi connectivity index (χ3v) is 3.31. The lowest BCUT2D eigenvalue weighted by Gasteiger charge is -2.00. The zero-order chi connectivity index (χ0) is 11.8. The fraction of sp³-hybridized carbons (Fsp3) is 0.222. The maximum absolute atomic E-state index is 10.8. The molecule has 1 rings (SSSR count). The van der Waals surface area contributed by atoms with Gasteiger partial charge in [-0.2, -0.15) is 0 Å². The molecule has 0 aliphatic heterocycles. The van der Waals surface area contributed by atoms with Crippen molar-refractivity contribution in [3.8, 4) is 0 Å². The van der Waals surface area contributed by atoms with Gasteiger partial charge in [-0.15, -0.1) is 0 Å². The lowest BCUT2D eigenvalue weighted by atomic mass is 10.3. The van der Waals surface area contributed by atoms with E-state index in [0.29, 0.717) is 12.1 Å². The molecule has 0 saturated heterocycles. The topological polar surface area (TPSA) is 75.1 Å². The van der Waals surface area contributed by atoms with Gasteiger partial charge in [-0.1, -0.05) is 24.2 Å². The number of carbonyl (C=O) groups excluding carboxylic acids is 1. The summed E-state index contributed by atoms with van der Waals surface area (Å²) in [7, 11) is 1.33. The van der Waals surface area contributed by atoms with Crippen LogP contribution >= 0.6 is 21.9 Å². The van der Waals surface area contributed by atoms with Gasteiger partial charge in [-0.25, -0.2) is 0 Å². The van der Waals surface area contributed by atoms with Crippen LogP contribution in [0, 0.1) is 0 Å². The number of carbonyl (C=O) groups is 1. The number of benzene rings is 1. The molecule has 0 aliphatic carbocycles. The number of azide groups is 1. The van der Waals surface area contributed by atoms with Crippen molar-refractivity contribution in [1.29, 1.82) is 0 Å². The molecule has 0 aliphatic rings. The second-order valence-electron chi connectivity index (χ2n) is 2.64. The Bertz CT molecular complexity index is 402. The van der Waals surface area contributed by atoms with Gasteiger partial charge in [0.2, 0.25) is 0 Å². The van der Waals surface area contributed by atoms with E-state index in [4.69, 9.17) is 9.71 Å². The largest absolute Gasteiger partial charge is 0.379 e. The van der Waals surface area contributed by atoms with Gasteiger partial charge in [-0.05, 0) is 28.5 Å². The second kappa shape index (κ2) is 7.05. The monoisotopic (exact) mass is 255 g/mol. The summed E-state index contributed by atoms with van der Waals surface area (Å²) >= 11 is 1.02. The number of hydrogen-bond acceptors (Lipinski definition) is 5. The number of nitrogens with zero attached hydrogens (tertiary/aromatic N) is 3. The van der Waals surface area contributed by atoms with E-state index in [1.165, 1.54) is 10.8 Å². The minimum Gasteiger partial charge on any atom is -0.379 e. The standard InChI is InChI=1S/C9H9N3O2S2/c1-2-9(13)14-16-15-8-5-3-7(4-6-8)11-12-10/h3-6H,2H2,1H3. The lowest BCUT2D eigenvalue weighted by Crippen LogP contribution is -1.92. The molecule has 0 radical (unpaired) electrons. The Morgan fingerprint density at radius 3 is 2.75 bits per heavy atom. The normalized spacial score (nSPS) is 9.31. The average Bonchev–Trinajstić information content (AvgIpc) is 2.31. The molecule has 84 valence electrons. The van der Waals surface area contributed by atoms with Crippen LogP contribution in [0.5, 0.6) is 0 Å². The molecule has 0 spiro atoms. The smallest absolute Gasteiger partial charge is 0.318 e. The van der Waals surface area contributed by atoms with Gasteiger partial charge in [0.25, 0.3) is 0 Å². The van der Waals surface area contributed by atoms with Crippen molar-refractivity contribution in [3.63, 3.8) is 0 Å². The first-order valence-corrected chi connectivity index (χ1v) is 6.53. The van der Waals surface area contributed by atoms with Gasteiger partial charge in [0, 0.05) is 21.9 Å². The Morgan fingerprint density at radius 1 is 1.50 bits per heavy atom. The summed E-state index contributed by atoms with van der Waals surface area (Å²) in [6.45, 7) is 1.74. The highest BCUT2D eigenvalue weighted by Gasteiger charge is 2.01. The molecular weight excluding hydrogens is 246 g/mol. The van der Waals surface area contributed by atoms with Crippen LogP contribution < -0.4 is 0 Å². The molecule has 1 aromatic rings. The summed E-state index contributed by atoms with van der Waals surface area (Å²) in [5.74, 6) is -0.247. The predicted molar refractivity (Wildman–Crippen MR) is 65.1 cm³/mol. The summed E-state index contributed by atoms with van der Waals surface area (Å²) in [6.07, 6.45) is 0.364. The quantitative estimate of drug-likeness (QED) is 0.259. The molecule has 0 N–H and O–H groups in total. The molecule has 1 aromatic carbocycles. The highest BCUT2D eigenvalue weighted by Crippen LogP contribution is 2.32. The van der Waals surface area contributed by atoms with Gasteiger partial charge in [0.15, 0.2) is 0 Å². The number of rotatable bonds is 5. The Kier molecular flexibility index (Phi) is 5.63. The fourth-order valence-corrected chi connectivity index (χ4v) is 2.23. The Morgan fingerprint density at radius 2 is 2.19 bits per heavy atom. The van der Waals surface area contributed by atoms with Crippen LogP contribution in [0.2, 0.25) is 0 Å². The zero-order valence-corrected chi connectivity index (χ0v) is 10.1. The van der Waals surface area contributed by atoms with E-state index in [1.807, 2.05) is 0 Å². The van der Waals surface area contributed by atoms with Crippen LogP contribution in [-0.2, 0) is 8.98 Å².